The number of methoxy groups -OCH3 is 1. The molecule has 2 aliphatic heterocycles. The van der Waals surface area contributed by atoms with Gasteiger partial charge >= 0.3 is 0 Å². The summed E-state index contributed by atoms with van der Waals surface area (Å²) in [4.78, 5) is 65.0. The van der Waals surface area contributed by atoms with E-state index in [0.29, 0.717) is 42.9 Å². The molecule has 5 rings (SSSR count). The zero-order valence-electron chi connectivity index (χ0n) is 31.4. The molecular formula is C40H49N5O9S. The van der Waals surface area contributed by atoms with Crippen molar-refractivity contribution < 1.29 is 41.9 Å². The second kappa shape index (κ2) is 18.7. The number of carbonyl (C=O) groups excluding carboxylic acids is 5. The summed E-state index contributed by atoms with van der Waals surface area (Å²) in [6.07, 6.45) is 7.51. The van der Waals surface area contributed by atoms with Gasteiger partial charge in [-0.15, -0.1) is 0 Å². The van der Waals surface area contributed by atoms with Gasteiger partial charge in [0.25, 0.3) is 11.8 Å². The maximum atomic E-state index is 13.9. The summed E-state index contributed by atoms with van der Waals surface area (Å²) in [5, 5.41) is 11.8. The molecule has 14 nitrogen and oxygen atoms in total. The van der Waals surface area contributed by atoms with Crippen molar-refractivity contribution in [1.82, 2.24) is 10.2 Å². The van der Waals surface area contributed by atoms with Crippen LogP contribution in [0.15, 0.2) is 60.7 Å². The molecule has 2 aliphatic rings. The number of nitrogens with one attached hydrogen (secondary N) is 4. The van der Waals surface area contributed by atoms with E-state index in [-0.39, 0.29) is 41.0 Å². The number of ether oxygens (including phenoxy) is 2. The number of sulfone groups is 1. The van der Waals surface area contributed by atoms with Crippen LogP contribution >= 0.6 is 0 Å². The van der Waals surface area contributed by atoms with E-state index in [1.807, 2.05) is 24.3 Å². The molecule has 0 radical (unpaired) electrons. The molecular weight excluding hydrogens is 727 g/mol. The molecule has 0 aliphatic carbocycles. The van der Waals surface area contributed by atoms with Crippen molar-refractivity contribution in [3.8, 4) is 11.5 Å². The van der Waals surface area contributed by atoms with Gasteiger partial charge in [0.15, 0.2) is 11.5 Å². The van der Waals surface area contributed by atoms with Gasteiger partial charge in [-0.1, -0.05) is 43.9 Å². The second-order valence-electron chi connectivity index (χ2n) is 13.7. The Morgan fingerprint density at radius 2 is 1.64 bits per heavy atom. The topological polar surface area (TPSA) is 189 Å². The minimum absolute atomic E-state index is 0.0313. The van der Waals surface area contributed by atoms with Crippen molar-refractivity contribution in [2.45, 2.75) is 76.8 Å². The van der Waals surface area contributed by atoms with Gasteiger partial charge in [-0.2, -0.15) is 0 Å². The van der Waals surface area contributed by atoms with E-state index in [1.54, 1.807) is 37.3 Å². The molecule has 0 saturated carbocycles. The summed E-state index contributed by atoms with van der Waals surface area (Å²) >= 11 is 0. The third-order valence-electron chi connectivity index (χ3n) is 9.47. The van der Waals surface area contributed by atoms with Gasteiger partial charge in [0.2, 0.25) is 17.7 Å². The van der Waals surface area contributed by atoms with Crippen molar-refractivity contribution >= 4 is 56.4 Å². The summed E-state index contributed by atoms with van der Waals surface area (Å²) in [7, 11) is -2.19. The number of rotatable bonds is 20. The van der Waals surface area contributed by atoms with Crippen molar-refractivity contribution in [1.29, 1.82) is 0 Å². The number of fused-ring (bicyclic) bond motifs is 1. The van der Waals surface area contributed by atoms with E-state index < -0.39 is 39.5 Å². The van der Waals surface area contributed by atoms with Crippen molar-refractivity contribution in [3.63, 3.8) is 0 Å². The maximum Gasteiger partial charge on any atom is 0.264 e. The smallest absolute Gasteiger partial charge is 0.264 e. The average molecular weight is 776 g/mol. The number of carbonyl (C=O) groups is 5. The molecule has 5 amide bonds. The third kappa shape index (κ3) is 10.8. The standard InChI is InChI=1S/C40H49N5O9S/c1-4-54-34-23-26(18-20-33(34)53-2)32(25-55(3,51)52)45-39(49)29-15-12-16-30(37(29)40(45)50)43-35(46)17-9-7-5-6-8-10-22-41-27-13-11-14-28(24-27)42-31-19-21-36(47)44-38(31)48/h11-16,18,20,23-24,31-32,41-42H,4-10,17,19,21-22,25H2,1-3H3,(H,43,46)(H,44,47,48). The molecule has 55 heavy (non-hydrogen) atoms. The minimum atomic E-state index is -3.67. The first-order chi connectivity index (χ1) is 26.4. The molecule has 4 N–H and O–H groups in total. The Hall–Kier alpha value is -5.44. The minimum Gasteiger partial charge on any atom is -0.493 e. The van der Waals surface area contributed by atoms with Crippen LogP contribution < -0.4 is 30.7 Å². The van der Waals surface area contributed by atoms with Gasteiger partial charge in [0.1, 0.15) is 15.9 Å². The van der Waals surface area contributed by atoms with Crippen LogP contribution in [0.3, 0.4) is 0 Å². The van der Waals surface area contributed by atoms with Crippen molar-refractivity contribution in [2.24, 2.45) is 0 Å². The SMILES string of the molecule is CCOc1cc(C(CS(C)(=O)=O)N2C(=O)c3cccc(NC(=O)CCCCCCCCNc4cccc(NC5CCC(=O)NC5=O)c4)c3C2=O)ccc1OC. The van der Waals surface area contributed by atoms with Crippen LogP contribution in [0.1, 0.15) is 97.0 Å². The number of benzene rings is 3. The fraction of sp³-hybridized carbons (Fsp3) is 0.425. The van der Waals surface area contributed by atoms with E-state index in [0.717, 1.165) is 61.2 Å². The number of hydrogen-bond acceptors (Lipinski definition) is 11. The average Bonchev–Trinajstić information content (AvgIpc) is 3.40. The van der Waals surface area contributed by atoms with Gasteiger partial charge in [-0.05, 0) is 74.2 Å². The maximum absolute atomic E-state index is 13.9. The first-order valence-corrected chi connectivity index (χ1v) is 20.7. The lowest BCUT2D eigenvalue weighted by Crippen LogP contribution is -2.47. The summed E-state index contributed by atoms with van der Waals surface area (Å²) in [5.41, 5.74) is 2.46. The first-order valence-electron chi connectivity index (χ1n) is 18.6. The third-order valence-corrected chi connectivity index (χ3v) is 10.4. The van der Waals surface area contributed by atoms with Crippen LogP contribution in [0.5, 0.6) is 11.5 Å². The Labute approximate surface area is 321 Å². The highest BCUT2D eigenvalue weighted by Gasteiger charge is 2.43. The molecule has 15 heteroatoms. The number of piperidine rings is 1. The number of anilines is 3. The predicted molar refractivity (Wildman–Crippen MR) is 209 cm³/mol. The molecule has 3 aromatic carbocycles. The first kappa shape index (κ1) is 40.7. The van der Waals surface area contributed by atoms with Crippen LogP contribution in [0.2, 0.25) is 0 Å². The van der Waals surface area contributed by atoms with E-state index in [2.05, 4.69) is 21.3 Å². The number of amides is 5. The lowest BCUT2D eigenvalue weighted by Gasteiger charge is -2.27. The van der Waals surface area contributed by atoms with Crippen LogP contribution in [-0.2, 0) is 24.2 Å². The number of hydrogen-bond donors (Lipinski definition) is 4. The zero-order valence-corrected chi connectivity index (χ0v) is 32.3. The summed E-state index contributed by atoms with van der Waals surface area (Å²) < 4.78 is 36.2. The summed E-state index contributed by atoms with van der Waals surface area (Å²) in [6, 6.07) is 15.5. The van der Waals surface area contributed by atoms with Crippen LogP contribution in [0.4, 0.5) is 17.1 Å². The molecule has 0 aromatic heterocycles. The van der Waals surface area contributed by atoms with Crippen molar-refractivity contribution in [3.05, 3.63) is 77.4 Å². The number of nitrogens with zero attached hydrogens (tertiary/aromatic N) is 1. The van der Waals surface area contributed by atoms with E-state index in [4.69, 9.17) is 9.47 Å². The molecule has 2 unspecified atom stereocenters. The fourth-order valence-electron chi connectivity index (χ4n) is 6.78. The largest absolute Gasteiger partial charge is 0.493 e. The quantitative estimate of drug-likeness (QED) is 0.0841. The lowest BCUT2D eigenvalue weighted by molar-refractivity contribution is -0.133. The van der Waals surface area contributed by atoms with Crippen LogP contribution in [0.25, 0.3) is 0 Å². The zero-order chi connectivity index (χ0) is 39.5. The second-order valence-corrected chi connectivity index (χ2v) is 15.9. The van der Waals surface area contributed by atoms with Crippen LogP contribution in [-0.4, -0.2) is 81.2 Å². The highest BCUT2D eigenvalue weighted by molar-refractivity contribution is 7.90. The van der Waals surface area contributed by atoms with Gasteiger partial charge in [0, 0.05) is 37.0 Å². The number of imide groups is 2. The molecule has 2 atom stereocenters. The Bertz CT molecular complexity index is 2020. The van der Waals surface area contributed by atoms with E-state index >= 15 is 0 Å². The predicted octanol–water partition coefficient (Wildman–Crippen LogP) is 5.47. The fourth-order valence-corrected chi connectivity index (χ4v) is 7.70. The van der Waals surface area contributed by atoms with Crippen LogP contribution in [0, 0.1) is 0 Å². The Kier molecular flexibility index (Phi) is 13.9. The van der Waals surface area contributed by atoms with Gasteiger partial charge in [0.05, 0.1) is 42.3 Å². The molecule has 3 aromatic rings. The van der Waals surface area contributed by atoms with E-state index in [1.165, 1.54) is 13.2 Å². The molecule has 0 spiro atoms. The molecule has 2 heterocycles. The Morgan fingerprint density at radius 1 is 0.909 bits per heavy atom. The van der Waals surface area contributed by atoms with Gasteiger partial charge < -0.3 is 25.4 Å². The van der Waals surface area contributed by atoms with Gasteiger partial charge in [-0.25, -0.2) is 8.42 Å². The normalized spacial score (nSPS) is 16.0. The molecule has 294 valence electrons. The molecule has 1 saturated heterocycles. The highest BCUT2D eigenvalue weighted by Crippen LogP contribution is 2.38. The lowest BCUT2D eigenvalue weighted by atomic mass is 10.1. The monoisotopic (exact) mass is 775 g/mol. The van der Waals surface area contributed by atoms with Crippen molar-refractivity contribution in [2.75, 3.05) is 48.2 Å². The van der Waals surface area contributed by atoms with E-state index in [9.17, 15) is 32.4 Å². The summed E-state index contributed by atoms with van der Waals surface area (Å²) in [6.45, 7) is 2.89. The number of unbranched alkanes of at least 4 members (excludes halogenated alkanes) is 5. The molecule has 1 fully saturated rings. The highest BCUT2D eigenvalue weighted by atomic mass is 32.2. The summed E-state index contributed by atoms with van der Waals surface area (Å²) in [5.74, 6) is -1.91. The Morgan fingerprint density at radius 3 is 2.36 bits per heavy atom. The molecule has 0 bridgehead atoms. The van der Waals surface area contributed by atoms with Gasteiger partial charge in [-0.3, -0.25) is 34.2 Å². The Balaban J connectivity index is 1.07.